The predicted molar refractivity (Wildman–Crippen MR) is 287 cm³/mol. The van der Waals surface area contributed by atoms with Crippen LogP contribution in [-0.2, 0) is 10.8 Å². The van der Waals surface area contributed by atoms with Crippen molar-refractivity contribution in [2.45, 2.75) is 23.6 Å². The lowest BCUT2D eigenvalue weighted by Crippen LogP contribution is -2.28. The molecule has 2 spiro atoms. The molecule has 10 aromatic rings. The zero-order valence-corrected chi connectivity index (χ0v) is 39.3. The number of para-hydroxylation sites is 1. The highest BCUT2D eigenvalue weighted by Crippen LogP contribution is 2.67. The molecule has 346 valence electrons. The Kier molecular flexibility index (Phi) is 8.76. The lowest BCUT2D eigenvalue weighted by molar-refractivity contribution is -0.274. The number of rotatable bonds is 6. The summed E-state index contributed by atoms with van der Waals surface area (Å²) in [6.07, 6.45) is 0.175. The summed E-state index contributed by atoms with van der Waals surface area (Å²) >= 11 is 0. The molecular weight excluding hydrogens is 904 g/mol. The fraction of sp³-hybridized carbons (Fsp3) is 0.0588. The van der Waals surface area contributed by atoms with Crippen LogP contribution in [0.5, 0.6) is 5.75 Å². The van der Waals surface area contributed by atoms with Crippen LogP contribution in [0, 0.1) is 0 Å². The summed E-state index contributed by atoms with van der Waals surface area (Å²) in [4.78, 5) is 2.29. The van der Waals surface area contributed by atoms with E-state index in [0.717, 1.165) is 78.3 Å². The van der Waals surface area contributed by atoms with E-state index in [2.05, 4.69) is 216 Å². The molecule has 0 saturated carbocycles. The average molecular weight is 946 g/mol. The van der Waals surface area contributed by atoms with Crippen molar-refractivity contribution in [3.8, 4) is 61.4 Å². The van der Waals surface area contributed by atoms with Gasteiger partial charge in [-0.3, -0.25) is 0 Å². The van der Waals surface area contributed by atoms with Gasteiger partial charge in [0, 0.05) is 17.1 Å². The zero-order valence-electron chi connectivity index (χ0n) is 39.3. The Morgan fingerprint density at radius 2 is 0.836 bits per heavy atom. The first kappa shape index (κ1) is 41.8. The Labute approximate surface area is 421 Å². The Morgan fingerprint density at radius 3 is 1.45 bits per heavy atom. The van der Waals surface area contributed by atoms with Crippen LogP contribution in [-0.4, -0.2) is 6.36 Å². The predicted octanol–water partition coefficient (Wildman–Crippen LogP) is 17.8. The second-order valence-electron chi connectivity index (χ2n) is 19.7. The molecule has 0 bridgehead atoms. The molecule has 10 aromatic carbocycles. The van der Waals surface area contributed by atoms with E-state index in [1.165, 1.54) is 56.1 Å². The van der Waals surface area contributed by atoms with Crippen molar-refractivity contribution in [1.29, 1.82) is 0 Å². The van der Waals surface area contributed by atoms with Gasteiger partial charge >= 0.3 is 6.36 Å². The number of hydrogen-bond donors (Lipinski definition) is 0. The molecular formula is C68H42F3NO. The van der Waals surface area contributed by atoms with E-state index in [0.29, 0.717) is 6.42 Å². The summed E-state index contributed by atoms with van der Waals surface area (Å²) in [5, 5.41) is 0. The van der Waals surface area contributed by atoms with Gasteiger partial charge in [0.15, 0.2) is 0 Å². The maximum atomic E-state index is 13.8. The van der Waals surface area contributed by atoms with Gasteiger partial charge in [-0.15, -0.1) is 13.2 Å². The van der Waals surface area contributed by atoms with Gasteiger partial charge < -0.3 is 9.64 Å². The summed E-state index contributed by atoms with van der Waals surface area (Å²) in [6, 6.07) is 81.5. The van der Waals surface area contributed by atoms with E-state index in [1.807, 2.05) is 18.2 Å². The van der Waals surface area contributed by atoms with Crippen LogP contribution in [0.1, 0.15) is 50.9 Å². The number of hydrogen-bond acceptors (Lipinski definition) is 2. The molecule has 0 aromatic heterocycles. The first-order chi connectivity index (χ1) is 35.8. The van der Waals surface area contributed by atoms with Crippen LogP contribution >= 0.6 is 0 Å². The molecule has 0 fully saturated rings. The van der Waals surface area contributed by atoms with Crippen LogP contribution in [0.15, 0.2) is 248 Å². The molecule has 73 heavy (non-hydrogen) atoms. The van der Waals surface area contributed by atoms with Gasteiger partial charge in [0.25, 0.3) is 0 Å². The molecule has 5 aliphatic carbocycles. The number of anilines is 3. The highest BCUT2D eigenvalue weighted by Gasteiger charge is 2.55. The Hall–Kier alpha value is -8.93. The second kappa shape index (κ2) is 15.3. The minimum absolute atomic E-state index is 0.217. The first-order valence-electron chi connectivity index (χ1n) is 24.9. The van der Waals surface area contributed by atoms with Gasteiger partial charge in [-0.25, -0.2) is 0 Å². The molecule has 0 saturated heterocycles. The molecule has 0 heterocycles. The van der Waals surface area contributed by atoms with Crippen molar-refractivity contribution in [3.63, 3.8) is 0 Å². The smallest absolute Gasteiger partial charge is 0.406 e. The fourth-order valence-electron chi connectivity index (χ4n) is 13.6. The van der Waals surface area contributed by atoms with Gasteiger partial charge in [0.2, 0.25) is 0 Å². The highest BCUT2D eigenvalue weighted by atomic mass is 19.4. The average Bonchev–Trinajstić information content (AvgIpc) is 4.25. The molecule has 1 atom stereocenters. The van der Waals surface area contributed by atoms with E-state index in [-0.39, 0.29) is 5.75 Å². The first-order valence-corrected chi connectivity index (χ1v) is 24.9. The van der Waals surface area contributed by atoms with Crippen molar-refractivity contribution in [2.75, 3.05) is 4.90 Å². The number of alkyl halides is 3. The molecule has 2 nitrogen and oxygen atoms in total. The number of nitrogens with zero attached hydrogens (tertiary/aromatic N) is 1. The zero-order chi connectivity index (χ0) is 48.6. The van der Waals surface area contributed by atoms with Gasteiger partial charge in [-0.1, -0.05) is 188 Å². The standard InChI is InChI=1S/C68H42F3NO/c69-68(70,71)73-48-37-39-56-53-21-13-27-62(53)67(64(56)41-48)61-26-11-7-19-54(61)57-22-12-20-49(65(57)67)43-30-35-47(36-31-43)72(45-14-2-1-3-15-45)46-33-28-42(29-34-46)44-32-38-55-52-18-6-10-25-60(52)66(63(55)40-44)58-23-8-4-16-50(58)51-17-5-9-24-59(51)66/h1-26,28-41H,27H2. The van der Waals surface area contributed by atoms with Crippen molar-refractivity contribution in [1.82, 2.24) is 0 Å². The maximum absolute atomic E-state index is 13.8. The molecule has 5 aliphatic rings. The van der Waals surface area contributed by atoms with Crippen LogP contribution in [0.2, 0.25) is 0 Å². The van der Waals surface area contributed by atoms with E-state index in [9.17, 15) is 13.2 Å². The maximum Gasteiger partial charge on any atom is 0.573 e. The van der Waals surface area contributed by atoms with Crippen LogP contribution in [0.25, 0.3) is 61.2 Å². The lowest BCUT2D eigenvalue weighted by Gasteiger charge is -2.34. The van der Waals surface area contributed by atoms with E-state index in [4.69, 9.17) is 0 Å². The summed E-state index contributed by atoms with van der Waals surface area (Å²) in [5.74, 6) is -0.217. The number of fused-ring (bicyclic) bond motifs is 19. The molecule has 0 N–H and O–H groups in total. The fourth-order valence-corrected chi connectivity index (χ4v) is 13.6. The van der Waals surface area contributed by atoms with E-state index < -0.39 is 17.2 Å². The minimum Gasteiger partial charge on any atom is -0.406 e. The molecule has 0 amide bonds. The van der Waals surface area contributed by atoms with Gasteiger partial charge in [-0.05, 0) is 172 Å². The van der Waals surface area contributed by atoms with Crippen LogP contribution < -0.4 is 9.64 Å². The van der Waals surface area contributed by atoms with Crippen molar-refractivity contribution >= 4 is 22.6 Å². The SMILES string of the molecule is FC(F)(F)Oc1ccc2c(c1)C1(C3=C2C=CC3)c2ccccc2-c2cccc(-c3ccc(N(c4ccccc4)c4ccc(-c5ccc6c(c5)C5(c7ccccc7-c7ccccc75)c5ccccc5-6)cc4)cc3)c21. The van der Waals surface area contributed by atoms with Crippen LogP contribution in [0.3, 0.4) is 0 Å². The van der Waals surface area contributed by atoms with Crippen molar-refractivity contribution < 1.29 is 17.9 Å². The van der Waals surface area contributed by atoms with Crippen molar-refractivity contribution in [2.24, 2.45) is 0 Å². The summed E-state index contributed by atoms with van der Waals surface area (Å²) in [7, 11) is 0. The normalized spacial score (nSPS) is 16.4. The molecule has 0 radical (unpaired) electrons. The largest absolute Gasteiger partial charge is 0.573 e. The second-order valence-corrected chi connectivity index (χ2v) is 19.7. The van der Waals surface area contributed by atoms with Gasteiger partial charge in [-0.2, -0.15) is 0 Å². The summed E-state index contributed by atoms with van der Waals surface area (Å²) < 4.78 is 46.0. The number of allylic oxidation sites excluding steroid dienone is 4. The summed E-state index contributed by atoms with van der Waals surface area (Å²) in [5.41, 5.74) is 24.9. The quantitative estimate of drug-likeness (QED) is 0.165. The van der Waals surface area contributed by atoms with Crippen LogP contribution in [0.4, 0.5) is 30.2 Å². The minimum atomic E-state index is -4.82. The monoisotopic (exact) mass is 945 g/mol. The lowest BCUT2D eigenvalue weighted by atomic mass is 9.67. The number of halogens is 3. The third-order valence-electron chi connectivity index (χ3n) is 16.3. The number of ether oxygens (including phenoxy) is 1. The van der Waals surface area contributed by atoms with Gasteiger partial charge in [0.1, 0.15) is 5.75 Å². The Balaban J connectivity index is 0.826. The third-order valence-corrected chi connectivity index (χ3v) is 16.3. The van der Waals surface area contributed by atoms with Gasteiger partial charge in [0.05, 0.1) is 10.8 Å². The Morgan fingerprint density at radius 1 is 0.370 bits per heavy atom. The van der Waals surface area contributed by atoms with Crippen molar-refractivity contribution in [3.05, 3.63) is 293 Å². The van der Waals surface area contributed by atoms with E-state index in [1.54, 1.807) is 12.1 Å². The third kappa shape index (κ3) is 5.76. The topological polar surface area (TPSA) is 12.5 Å². The molecule has 5 heteroatoms. The molecule has 0 aliphatic heterocycles. The molecule has 1 unspecified atom stereocenters. The highest BCUT2D eigenvalue weighted by molar-refractivity contribution is 6.01. The van der Waals surface area contributed by atoms with E-state index >= 15 is 0 Å². The number of benzene rings is 10. The Bertz CT molecular complexity index is 3950. The molecule has 15 rings (SSSR count). The summed E-state index contributed by atoms with van der Waals surface area (Å²) in [6.45, 7) is 0.